The summed E-state index contributed by atoms with van der Waals surface area (Å²) < 4.78 is 1.11. The SMILES string of the molecule is Cc1ncc2c(n1)CCc1ccc(Br)cc1-2. The summed E-state index contributed by atoms with van der Waals surface area (Å²) in [6.07, 6.45) is 4.04. The summed E-state index contributed by atoms with van der Waals surface area (Å²) in [5, 5.41) is 0. The van der Waals surface area contributed by atoms with E-state index in [1.54, 1.807) is 0 Å². The van der Waals surface area contributed by atoms with Crippen LogP contribution in [-0.4, -0.2) is 9.97 Å². The van der Waals surface area contributed by atoms with Gasteiger partial charge in [-0.15, -0.1) is 0 Å². The van der Waals surface area contributed by atoms with E-state index in [1.165, 1.54) is 22.4 Å². The molecule has 3 rings (SSSR count). The van der Waals surface area contributed by atoms with E-state index in [9.17, 15) is 0 Å². The number of hydrogen-bond donors (Lipinski definition) is 0. The molecule has 3 heteroatoms. The van der Waals surface area contributed by atoms with Gasteiger partial charge in [-0.05, 0) is 43.0 Å². The molecule has 0 aliphatic heterocycles. The third-order valence-electron chi connectivity index (χ3n) is 2.98. The number of fused-ring (bicyclic) bond motifs is 3. The molecule has 1 heterocycles. The third kappa shape index (κ3) is 1.55. The van der Waals surface area contributed by atoms with E-state index in [0.717, 1.165) is 23.1 Å². The smallest absolute Gasteiger partial charge is 0.125 e. The zero-order valence-electron chi connectivity index (χ0n) is 9.00. The van der Waals surface area contributed by atoms with Crippen molar-refractivity contribution < 1.29 is 0 Å². The zero-order chi connectivity index (χ0) is 11.1. The molecule has 0 atom stereocenters. The number of benzene rings is 1. The van der Waals surface area contributed by atoms with Crippen molar-refractivity contribution in [2.75, 3.05) is 0 Å². The molecule has 0 amide bonds. The van der Waals surface area contributed by atoms with Crippen LogP contribution in [0.25, 0.3) is 11.1 Å². The van der Waals surface area contributed by atoms with Gasteiger partial charge in [0.25, 0.3) is 0 Å². The summed E-state index contributed by atoms with van der Waals surface area (Å²) in [6.45, 7) is 1.94. The number of nitrogens with zero attached hydrogens (tertiary/aromatic N) is 2. The van der Waals surface area contributed by atoms with Crippen LogP contribution in [0.15, 0.2) is 28.9 Å². The molecule has 16 heavy (non-hydrogen) atoms. The molecule has 80 valence electrons. The quantitative estimate of drug-likeness (QED) is 0.737. The van der Waals surface area contributed by atoms with Gasteiger partial charge in [-0.2, -0.15) is 0 Å². The third-order valence-corrected chi connectivity index (χ3v) is 3.47. The highest BCUT2D eigenvalue weighted by Gasteiger charge is 2.17. The van der Waals surface area contributed by atoms with E-state index in [4.69, 9.17) is 0 Å². The van der Waals surface area contributed by atoms with Gasteiger partial charge in [0.15, 0.2) is 0 Å². The van der Waals surface area contributed by atoms with Gasteiger partial charge in [-0.1, -0.05) is 22.0 Å². The average molecular weight is 275 g/mol. The van der Waals surface area contributed by atoms with Crippen LogP contribution in [0, 0.1) is 6.92 Å². The Balaban J connectivity index is 2.25. The summed E-state index contributed by atoms with van der Waals surface area (Å²) in [6, 6.07) is 6.44. The first kappa shape index (κ1) is 9.97. The van der Waals surface area contributed by atoms with Crippen molar-refractivity contribution in [1.29, 1.82) is 0 Å². The predicted molar refractivity (Wildman–Crippen MR) is 67.3 cm³/mol. The highest BCUT2D eigenvalue weighted by atomic mass is 79.9. The summed E-state index contributed by atoms with van der Waals surface area (Å²) in [4.78, 5) is 8.81. The molecule has 0 unspecified atom stereocenters. The number of aryl methyl sites for hydroxylation is 3. The molecule has 0 bridgehead atoms. The summed E-state index contributed by atoms with van der Waals surface area (Å²) >= 11 is 3.52. The first-order valence-electron chi connectivity index (χ1n) is 5.35. The maximum absolute atomic E-state index is 4.52. The molecule has 0 spiro atoms. The fourth-order valence-electron chi connectivity index (χ4n) is 2.20. The Bertz CT molecular complexity index is 564. The van der Waals surface area contributed by atoms with E-state index in [0.29, 0.717) is 0 Å². The lowest BCUT2D eigenvalue weighted by Crippen LogP contribution is -2.07. The maximum Gasteiger partial charge on any atom is 0.125 e. The summed E-state index contributed by atoms with van der Waals surface area (Å²) in [7, 11) is 0. The summed E-state index contributed by atoms with van der Waals surface area (Å²) in [5.74, 6) is 0.859. The Labute approximate surface area is 103 Å². The first-order chi connectivity index (χ1) is 7.74. The van der Waals surface area contributed by atoms with Crippen LogP contribution in [0.4, 0.5) is 0 Å². The lowest BCUT2D eigenvalue weighted by molar-refractivity contribution is 0.864. The van der Waals surface area contributed by atoms with Crippen LogP contribution in [0.1, 0.15) is 17.1 Å². The molecule has 2 nitrogen and oxygen atoms in total. The molecule has 0 radical (unpaired) electrons. The van der Waals surface area contributed by atoms with Gasteiger partial charge in [0.2, 0.25) is 0 Å². The molecule has 1 aliphatic carbocycles. The lowest BCUT2D eigenvalue weighted by Gasteiger charge is -2.18. The number of hydrogen-bond acceptors (Lipinski definition) is 2. The minimum atomic E-state index is 0.859. The van der Waals surface area contributed by atoms with Crippen molar-refractivity contribution in [1.82, 2.24) is 9.97 Å². The van der Waals surface area contributed by atoms with Crippen LogP contribution < -0.4 is 0 Å². The van der Waals surface area contributed by atoms with E-state index in [1.807, 2.05) is 13.1 Å². The van der Waals surface area contributed by atoms with Crippen LogP contribution in [0.5, 0.6) is 0 Å². The van der Waals surface area contributed by atoms with Crippen molar-refractivity contribution in [2.45, 2.75) is 19.8 Å². The molecule has 2 aromatic rings. The second-order valence-corrected chi connectivity index (χ2v) is 4.99. The zero-order valence-corrected chi connectivity index (χ0v) is 10.6. The Hall–Kier alpha value is -1.22. The van der Waals surface area contributed by atoms with Gasteiger partial charge < -0.3 is 0 Å². The van der Waals surface area contributed by atoms with E-state index < -0.39 is 0 Å². The fraction of sp³-hybridized carbons (Fsp3) is 0.231. The second kappa shape index (κ2) is 3.67. The van der Waals surface area contributed by atoms with Gasteiger partial charge in [0, 0.05) is 16.2 Å². The highest BCUT2D eigenvalue weighted by Crippen LogP contribution is 2.33. The van der Waals surface area contributed by atoms with Gasteiger partial charge >= 0.3 is 0 Å². The van der Waals surface area contributed by atoms with Gasteiger partial charge in [0.1, 0.15) is 5.82 Å². The minimum Gasteiger partial charge on any atom is -0.241 e. The van der Waals surface area contributed by atoms with Crippen molar-refractivity contribution >= 4 is 15.9 Å². The largest absolute Gasteiger partial charge is 0.241 e. The summed E-state index contributed by atoms with van der Waals surface area (Å²) in [5.41, 5.74) is 5.03. The van der Waals surface area contributed by atoms with Crippen molar-refractivity contribution in [3.8, 4) is 11.1 Å². The second-order valence-electron chi connectivity index (χ2n) is 4.08. The van der Waals surface area contributed by atoms with Crippen LogP contribution in [-0.2, 0) is 12.8 Å². The van der Waals surface area contributed by atoms with Crippen molar-refractivity contribution in [3.05, 3.63) is 46.0 Å². The molecule has 0 saturated carbocycles. The molecule has 1 aromatic heterocycles. The van der Waals surface area contributed by atoms with Gasteiger partial charge in [-0.3, -0.25) is 0 Å². The van der Waals surface area contributed by atoms with E-state index in [2.05, 4.69) is 44.1 Å². The van der Waals surface area contributed by atoms with Crippen molar-refractivity contribution in [3.63, 3.8) is 0 Å². The molecular weight excluding hydrogens is 264 g/mol. The van der Waals surface area contributed by atoms with Crippen molar-refractivity contribution in [2.24, 2.45) is 0 Å². The maximum atomic E-state index is 4.52. The molecule has 0 saturated heterocycles. The number of halogens is 1. The molecule has 0 fully saturated rings. The average Bonchev–Trinajstić information content (AvgIpc) is 2.28. The lowest BCUT2D eigenvalue weighted by atomic mass is 9.89. The van der Waals surface area contributed by atoms with Crippen LogP contribution in [0.3, 0.4) is 0 Å². The molecule has 1 aliphatic rings. The first-order valence-corrected chi connectivity index (χ1v) is 6.14. The highest BCUT2D eigenvalue weighted by molar-refractivity contribution is 9.10. The molecular formula is C13H11BrN2. The van der Waals surface area contributed by atoms with E-state index in [-0.39, 0.29) is 0 Å². The van der Waals surface area contributed by atoms with Crippen LogP contribution in [0.2, 0.25) is 0 Å². The Morgan fingerprint density at radius 1 is 1.19 bits per heavy atom. The minimum absolute atomic E-state index is 0.859. The Kier molecular flexibility index (Phi) is 2.28. The standard InChI is InChI=1S/C13H11BrN2/c1-8-15-7-12-11-6-10(14)4-2-9(11)3-5-13(12)16-8/h2,4,6-7H,3,5H2,1H3. The molecule has 0 N–H and O–H groups in total. The number of rotatable bonds is 0. The monoisotopic (exact) mass is 274 g/mol. The fourth-order valence-corrected chi connectivity index (χ4v) is 2.56. The normalized spacial score (nSPS) is 13.1. The van der Waals surface area contributed by atoms with Gasteiger partial charge in [-0.25, -0.2) is 9.97 Å². The van der Waals surface area contributed by atoms with Gasteiger partial charge in [0.05, 0.1) is 5.69 Å². The Morgan fingerprint density at radius 2 is 2.06 bits per heavy atom. The Morgan fingerprint density at radius 3 is 2.94 bits per heavy atom. The van der Waals surface area contributed by atoms with E-state index >= 15 is 0 Å². The number of aromatic nitrogens is 2. The topological polar surface area (TPSA) is 25.8 Å². The molecule has 1 aromatic carbocycles. The predicted octanol–water partition coefficient (Wildman–Crippen LogP) is 3.31. The van der Waals surface area contributed by atoms with Crippen LogP contribution >= 0.6 is 15.9 Å².